The molecular weight excluding hydrogens is 278 g/mol. The molecule has 4 nitrogen and oxygen atoms in total. The topological polar surface area (TPSA) is 39.8 Å². The molecule has 6 heteroatoms. The first-order valence-corrected chi connectivity index (χ1v) is 6.96. The maximum absolute atomic E-state index is 12.2. The molecule has 0 fully saturated rings. The van der Waals surface area contributed by atoms with Crippen LogP contribution in [0.1, 0.15) is 5.82 Å². The van der Waals surface area contributed by atoms with E-state index in [1.54, 1.807) is 11.6 Å². The number of rotatable bonds is 1. The molecule has 0 aliphatic carbocycles. The third-order valence-electron chi connectivity index (χ3n) is 3.05. The standard InChI is InChI=1S/C13H11N3OS2/c1-8-14-11-10(12(17)15(8)2)19-13(18)16(11)9-6-4-3-5-7-9/h3-7H,1-2H3. The number of para-hydroxylation sites is 1. The normalized spacial score (nSPS) is 11.1. The second kappa shape index (κ2) is 4.40. The Morgan fingerprint density at radius 2 is 1.95 bits per heavy atom. The molecule has 3 rings (SSSR count). The molecule has 0 amide bonds. The minimum atomic E-state index is -0.0479. The van der Waals surface area contributed by atoms with Crippen LogP contribution in [-0.4, -0.2) is 14.1 Å². The van der Waals surface area contributed by atoms with E-state index in [-0.39, 0.29) is 5.56 Å². The van der Waals surface area contributed by atoms with Gasteiger partial charge < -0.3 is 0 Å². The molecule has 0 radical (unpaired) electrons. The molecule has 19 heavy (non-hydrogen) atoms. The lowest BCUT2D eigenvalue weighted by molar-refractivity contribution is 0.789. The summed E-state index contributed by atoms with van der Waals surface area (Å²) in [5, 5.41) is 0. The highest BCUT2D eigenvalue weighted by molar-refractivity contribution is 7.73. The largest absolute Gasteiger partial charge is 0.299 e. The van der Waals surface area contributed by atoms with Gasteiger partial charge in [0.1, 0.15) is 10.5 Å². The van der Waals surface area contributed by atoms with Crippen molar-refractivity contribution in [2.75, 3.05) is 0 Å². The predicted octanol–water partition coefficient (Wildman–Crippen LogP) is 2.82. The lowest BCUT2D eigenvalue weighted by Crippen LogP contribution is -2.20. The summed E-state index contributed by atoms with van der Waals surface area (Å²) >= 11 is 6.68. The summed E-state index contributed by atoms with van der Waals surface area (Å²) in [6, 6.07) is 9.73. The van der Waals surface area contributed by atoms with E-state index in [1.165, 1.54) is 11.3 Å². The van der Waals surface area contributed by atoms with Crippen LogP contribution in [0, 0.1) is 10.9 Å². The highest BCUT2D eigenvalue weighted by Gasteiger charge is 2.13. The average molecular weight is 289 g/mol. The van der Waals surface area contributed by atoms with Crippen molar-refractivity contribution in [1.82, 2.24) is 14.1 Å². The van der Waals surface area contributed by atoms with Crippen molar-refractivity contribution in [3.05, 3.63) is 50.5 Å². The molecule has 0 saturated carbocycles. The summed E-state index contributed by atoms with van der Waals surface area (Å²) in [7, 11) is 1.72. The Bertz CT molecular complexity index is 875. The summed E-state index contributed by atoms with van der Waals surface area (Å²) in [6.45, 7) is 1.82. The van der Waals surface area contributed by atoms with Gasteiger partial charge in [-0.1, -0.05) is 29.5 Å². The zero-order chi connectivity index (χ0) is 13.6. The number of benzene rings is 1. The number of hydrogen-bond acceptors (Lipinski definition) is 4. The summed E-state index contributed by atoms with van der Waals surface area (Å²) in [6.07, 6.45) is 0. The first-order chi connectivity index (χ1) is 9.09. The van der Waals surface area contributed by atoms with Gasteiger partial charge in [-0.3, -0.25) is 13.9 Å². The van der Waals surface area contributed by atoms with Crippen molar-refractivity contribution in [2.24, 2.45) is 7.05 Å². The van der Waals surface area contributed by atoms with E-state index in [9.17, 15) is 4.79 Å². The number of hydrogen-bond donors (Lipinski definition) is 0. The van der Waals surface area contributed by atoms with Gasteiger partial charge in [0.05, 0.1) is 0 Å². The van der Waals surface area contributed by atoms with E-state index >= 15 is 0 Å². The molecule has 0 atom stereocenters. The van der Waals surface area contributed by atoms with Crippen molar-refractivity contribution < 1.29 is 0 Å². The number of fused-ring (bicyclic) bond motifs is 1. The zero-order valence-electron chi connectivity index (χ0n) is 10.5. The number of aryl methyl sites for hydroxylation is 1. The quantitative estimate of drug-likeness (QED) is 0.647. The van der Waals surface area contributed by atoms with Crippen LogP contribution in [0.3, 0.4) is 0 Å². The van der Waals surface area contributed by atoms with Crippen LogP contribution in [-0.2, 0) is 7.05 Å². The van der Waals surface area contributed by atoms with E-state index in [0.717, 1.165) is 5.69 Å². The van der Waals surface area contributed by atoms with Crippen LogP contribution in [0.25, 0.3) is 16.0 Å². The lowest BCUT2D eigenvalue weighted by Gasteiger charge is -2.06. The molecule has 0 aliphatic rings. The monoisotopic (exact) mass is 289 g/mol. The van der Waals surface area contributed by atoms with E-state index in [4.69, 9.17) is 12.2 Å². The molecule has 96 valence electrons. The van der Waals surface area contributed by atoms with E-state index in [0.29, 0.717) is 20.1 Å². The molecule has 2 heterocycles. The molecule has 0 unspecified atom stereocenters. The Morgan fingerprint density at radius 3 is 2.63 bits per heavy atom. The van der Waals surface area contributed by atoms with E-state index in [1.807, 2.05) is 41.8 Å². The van der Waals surface area contributed by atoms with Crippen molar-refractivity contribution >= 4 is 33.9 Å². The van der Waals surface area contributed by atoms with Crippen molar-refractivity contribution in [1.29, 1.82) is 0 Å². The van der Waals surface area contributed by atoms with Gasteiger partial charge in [-0.15, -0.1) is 0 Å². The highest BCUT2D eigenvalue weighted by Crippen LogP contribution is 2.22. The Labute approximate surface area is 118 Å². The fraction of sp³-hybridized carbons (Fsp3) is 0.154. The fourth-order valence-electron chi connectivity index (χ4n) is 1.94. The maximum Gasteiger partial charge on any atom is 0.272 e. The molecule has 0 spiro atoms. The maximum atomic E-state index is 12.2. The molecule has 0 aliphatic heterocycles. The number of nitrogens with zero attached hydrogens (tertiary/aromatic N) is 3. The Balaban J connectivity index is 2.48. The van der Waals surface area contributed by atoms with Crippen LogP contribution in [0.5, 0.6) is 0 Å². The lowest BCUT2D eigenvalue weighted by atomic mass is 10.3. The van der Waals surface area contributed by atoms with E-state index in [2.05, 4.69) is 4.98 Å². The highest BCUT2D eigenvalue weighted by atomic mass is 32.1. The molecule has 3 aromatic rings. The Hall–Kier alpha value is -1.79. The molecule has 0 bridgehead atoms. The van der Waals surface area contributed by atoms with Gasteiger partial charge in [-0.2, -0.15) is 0 Å². The van der Waals surface area contributed by atoms with Crippen molar-refractivity contribution in [3.63, 3.8) is 0 Å². The van der Waals surface area contributed by atoms with Crippen molar-refractivity contribution in [3.8, 4) is 5.69 Å². The average Bonchev–Trinajstić information content (AvgIpc) is 2.74. The summed E-state index contributed by atoms with van der Waals surface area (Å²) in [4.78, 5) is 16.7. The van der Waals surface area contributed by atoms with Gasteiger partial charge in [-0.05, 0) is 31.3 Å². The minimum absolute atomic E-state index is 0.0479. The fourth-order valence-corrected chi connectivity index (χ4v) is 3.29. The van der Waals surface area contributed by atoms with Gasteiger partial charge in [0, 0.05) is 12.7 Å². The third kappa shape index (κ3) is 1.84. The summed E-state index contributed by atoms with van der Waals surface area (Å²) in [5.74, 6) is 0.676. The molecule has 0 saturated heterocycles. The smallest absolute Gasteiger partial charge is 0.272 e. The molecular formula is C13H11N3OS2. The van der Waals surface area contributed by atoms with Crippen LogP contribution < -0.4 is 5.56 Å². The van der Waals surface area contributed by atoms with Crippen LogP contribution in [0.15, 0.2) is 35.1 Å². The van der Waals surface area contributed by atoms with Gasteiger partial charge in [0.2, 0.25) is 0 Å². The number of thiazole rings is 1. The third-order valence-corrected chi connectivity index (χ3v) is 4.40. The first kappa shape index (κ1) is 12.3. The summed E-state index contributed by atoms with van der Waals surface area (Å²) < 4.78 is 4.63. The first-order valence-electron chi connectivity index (χ1n) is 5.74. The van der Waals surface area contributed by atoms with E-state index < -0.39 is 0 Å². The minimum Gasteiger partial charge on any atom is -0.299 e. The van der Waals surface area contributed by atoms with Gasteiger partial charge in [-0.25, -0.2) is 4.98 Å². The predicted molar refractivity (Wildman–Crippen MR) is 79.8 cm³/mol. The summed E-state index contributed by atoms with van der Waals surface area (Å²) in [5.41, 5.74) is 1.52. The van der Waals surface area contributed by atoms with Crippen LogP contribution in [0.2, 0.25) is 0 Å². The SMILES string of the molecule is Cc1nc2c(sc(=S)n2-c2ccccc2)c(=O)n1C. The van der Waals surface area contributed by atoms with Crippen LogP contribution >= 0.6 is 23.6 Å². The Morgan fingerprint density at radius 1 is 1.26 bits per heavy atom. The second-order valence-corrected chi connectivity index (χ2v) is 5.86. The molecule has 2 aromatic heterocycles. The van der Waals surface area contributed by atoms with Crippen LogP contribution in [0.4, 0.5) is 0 Å². The van der Waals surface area contributed by atoms with Gasteiger partial charge in [0.15, 0.2) is 9.60 Å². The van der Waals surface area contributed by atoms with Gasteiger partial charge >= 0.3 is 0 Å². The second-order valence-electron chi connectivity index (χ2n) is 4.21. The Kier molecular flexibility index (Phi) is 2.83. The molecule has 0 N–H and O–H groups in total. The van der Waals surface area contributed by atoms with Gasteiger partial charge in [0.25, 0.3) is 5.56 Å². The molecule has 1 aromatic carbocycles. The number of aromatic nitrogens is 3. The van der Waals surface area contributed by atoms with Crippen molar-refractivity contribution in [2.45, 2.75) is 6.92 Å². The zero-order valence-corrected chi connectivity index (χ0v) is 12.1.